The molecule has 0 unspecified atom stereocenters. The maximum atomic E-state index is 12.9. The van der Waals surface area contributed by atoms with Crippen LogP contribution in [0.2, 0.25) is 5.02 Å². The number of benzene rings is 2. The number of amidine groups is 1. The van der Waals surface area contributed by atoms with Crippen molar-refractivity contribution >= 4 is 51.7 Å². The van der Waals surface area contributed by atoms with Crippen LogP contribution in [0.1, 0.15) is 12.0 Å². The summed E-state index contributed by atoms with van der Waals surface area (Å²) in [5.41, 5.74) is -0.464. The zero-order chi connectivity index (χ0) is 23.3. The number of nitrogens with one attached hydrogen (secondary N) is 1. The van der Waals surface area contributed by atoms with Gasteiger partial charge in [0, 0.05) is 13.5 Å². The number of nitrogens with zero attached hydrogens (tertiary/aromatic N) is 2. The van der Waals surface area contributed by atoms with E-state index in [-0.39, 0.29) is 36.2 Å². The van der Waals surface area contributed by atoms with Gasteiger partial charge in [0.15, 0.2) is 5.17 Å². The number of amides is 2. The third-order valence-electron chi connectivity index (χ3n) is 4.46. The molecule has 0 bridgehead atoms. The van der Waals surface area contributed by atoms with Crippen LogP contribution in [0.15, 0.2) is 53.5 Å². The van der Waals surface area contributed by atoms with E-state index in [4.69, 9.17) is 16.3 Å². The standard InChI is InChI=1S/C21H19ClF3N3O3S/c1-31-10-9-28-19(30)17(32-20(28)26-14-5-3-2-4-6-14)12-18(29)27-16-11-13(21(23,24)25)7-8-15(16)22/h2-8,11,17H,9-10,12H2,1H3,(H,27,29)/t17-/m1/s1. The molecular formula is C21H19ClF3N3O3S. The predicted molar refractivity (Wildman–Crippen MR) is 118 cm³/mol. The number of ether oxygens (including phenoxy) is 1. The van der Waals surface area contributed by atoms with Crippen LogP contribution in [-0.2, 0) is 20.5 Å². The van der Waals surface area contributed by atoms with Gasteiger partial charge in [0.25, 0.3) is 0 Å². The Morgan fingerprint density at radius 1 is 1.25 bits per heavy atom. The molecule has 2 amide bonds. The highest BCUT2D eigenvalue weighted by atomic mass is 35.5. The Bertz CT molecular complexity index is 1020. The third-order valence-corrected chi connectivity index (χ3v) is 5.96. The van der Waals surface area contributed by atoms with Crippen molar-refractivity contribution in [3.63, 3.8) is 0 Å². The maximum Gasteiger partial charge on any atom is 0.416 e. The zero-order valence-corrected chi connectivity index (χ0v) is 18.4. The molecule has 1 N–H and O–H groups in total. The Morgan fingerprint density at radius 2 is 1.97 bits per heavy atom. The molecule has 1 atom stereocenters. The van der Waals surface area contributed by atoms with Crippen LogP contribution in [0.25, 0.3) is 0 Å². The van der Waals surface area contributed by atoms with Gasteiger partial charge < -0.3 is 10.1 Å². The van der Waals surface area contributed by atoms with Gasteiger partial charge in [0.1, 0.15) is 5.25 Å². The number of carbonyl (C=O) groups excluding carboxylic acids is 2. The third kappa shape index (κ3) is 6.02. The number of para-hydroxylation sites is 1. The highest BCUT2D eigenvalue weighted by Crippen LogP contribution is 2.35. The van der Waals surface area contributed by atoms with E-state index in [2.05, 4.69) is 10.3 Å². The fourth-order valence-corrected chi connectivity index (χ4v) is 4.24. The van der Waals surface area contributed by atoms with Gasteiger partial charge in [-0.3, -0.25) is 14.5 Å². The first-order valence-corrected chi connectivity index (χ1v) is 10.7. The van der Waals surface area contributed by atoms with Crippen molar-refractivity contribution in [3.8, 4) is 0 Å². The average Bonchev–Trinajstić information content (AvgIpc) is 3.02. The molecule has 11 heteroatoms. The molecule has 1 fully saturated rings. The first kappa shape index (κ1) is 24.1. The van der Waals surface area contributed by atoms with Gasteiger partial charge in [-0.05, 0) is 30.3 Å². The van der Waals surface area contributed by atoms with Crippen molar-refractivity contribution < 1.29 is 27.5 Å². The number of hydrogen-bond donors (Lipinski definition) is 1. The summed E-state index contributed by atoms with van der Waals surface area (Å²) >= 11 is 7.05. The van der Waals surface area contributed by atoms with Gasteiger partial charge >= 0.3 is 6.18 Å². The largest absolute Gasteiger partial charge is 0.416 e. The van der Waals surface area contributed by atoms with Crippen molar-refractivity contribution in [1.29, 1.82) is 0 Å². The summed E-state index contributed by atoms with van der Waals surface area (Å²) in [6.07, 6.45) is -4.83. The topological polar surface area (TPSA) is 71.0 Å². The second-order valence-electron chi connectivity index (χ2n) is 6.76. The Balaban J connectivity index is 1.75. The minimum absolute atomic E-state index is 0.0372. The summed E-state index contributed by atoms with van der Waals surface area (Å²) in [5, 5.41) is 1.98. The first-order valence-electron chi connectivity index (χ1n) is 9.46. The van der Waals surface area contributed by atoms with Crippen LogP contribution >= 0.6 is 23.4 Å². The molecular weight excluding hydrogens is 467 g/mol. The molecule has 0 saturated carbocycles. The van der Waals surface area contributed by atoms with Crippen LogP contribution in [0.3, 0.4) is 0 Å². The normalized spacial score (nSPS) is 17.8. The van der Waals surface area contributed by atoms with Gasteiger partial charge in [-0.2, -0.15) is 13.2 Å². The number of methoxy groups -OCH3 is 1. The Morgan fingerprint density at radius 3 is 2.62 bits per heavy atom. The van der Waals surface area contributed by atoms with Gasteiger partial charge in [-0.1, -0.05) is 41.6 Å². The lowest BCUT2D eigenvalue weighted by atomic mass is 10.2. The number of halogens is 4. The highest BCUT2D eigenvalue weighted by molar-refractivity contribution is 8.15. The summed E-state index contributed by atoms with van der Waals surface area (Å²) in [6.45, 7) is 0.532. The molecule has 3 rings (SSSR count). The molecule has 6 nitrogen and oxygen atoms in total. The van der Waals surface area contributed by atoms with Crippen LogP contribution in [0, 0.1) is 0 Å². The lowest BCUT2D eigenvalue weighted by Gasteiger charge is -2.16. The first-order chi connectivity index (χ1) is 15.2. The van der Waals surface area contributed by atoms with E-state index >= 15 is 0 Å². The molecule has 2 aromatic rings. The molecule has 2 aromatic carbocycles. The van der Waals surface area contributed by atoms with Crippen molar-refractivity contribution in [1.82, 2.24) is 4.90 Å². The molecule has 32 heavy (non-hydrogen) atoms. The average molecular weight is 486 g/mol. The number of thioether (sulfide) groups is 1. The Labute approximate surface area is 191 Å². The second kappa shape index (κ2) is 10.4. The monoisotopic (exact) mass is 485 g/mol. The fraction of sp³-hybridized carbons (Fsp3) is 0.286. The molecule has 1 saturated heterocycles. The number of anilines is 1. The van der Waals surface area contributed by atoms with E-state index in [0.29, 0.717) is 10.9 Å². The summed E-state index contributed by atoms with van der Waals surface area (Å²) < 4.78 is 43.9. The molecule has 0 aliphatic carbocycles. The van der Waals surface area contributed by atoms with Crippen LogP contribution in [0.4, 0.5) is 24.5 Å². The van der Waals surface area contributed by atoms with E-state index in [1.54, 1.807) is 12.1 Å². The molecule has 170 valence electrons. The number of alkyl halides is 3. The summed E-state index contributed by atoms with van der Waals surface area (Å²) in [7, 11) is 1.51. The van der Waals surface area contributed by atoms with Gasteiger partial charge in [-0.25, -0.2) is 4.99 Å². The number of aliphatic imine (C=N–C) groups is 1. The predicted octanol–water partition coefficient (Wildman–Crippen LogP) is 4.97. The zero-order valence-electron chi connectivity index (χ0n) is 16.9. The number of rotatable bonds is 7. The number of carbonyl (C=O) groups is 2. The van der Waals surface area contributed by atoms with Crippen molar-refractivity contribution in [2.75, 3.05) is 25.6 Å². The van der Waals surface area contributed by atoms with E-state index < -0.39 is 22.9 Å². The lowest BCUT2D eigenvalue weighted by molar-refractivity contribution is -0.137. The highest BCUT2D eigenvalue weighted by Gasteiger charge is 2.39. The summed E-state index contributed by atoms with van der Waals surface area (Å²) in [4.78, 5) is 31.3. The van der Waals surface area contributed by atoms with Crippen molar-refractivity contribution in [3.05, 3.63) is 59.1 Å². The van der Waals surface area contributed by atoms with Crippen LogP contribution in [-0.4, -0.2) is 47.4 Å². The summed E-state index contributed by atoms with van der Waals surface area (Å²) in [5.74, 6) is -0.961. The van der Waals surface area contributed by atoms with Crippen LogP contribution in [0.5, 0.6) is 0 Å². The minimum atomic E-state index is -4.58. The van der Waals surface area contributed by atoms with Crippen molar-refractivity contribution in [2.24, 2.45) is 4.99 Å². The number of hydrogen-bond acceptors (Lipinski definition) is 5. The molecule has 1 aliphatic rings. The molecule has 0 radical (unpaired) electrons. The van der Waals surface area contributed by atoms with Crippen LogP contribution < -0.4 is 5.32 Å². The second-order valence-corrected chi connectivity index (χ2v) is 8.34. The maximum absolute atomic E-state index is 12.9. The smallest absolute Gasteiger partial charge is 0.383 e. The molecule has 0 spiro atoms. The van der Waals surface area contributed by atoms with E-state index in [9.17, 15) is 22.8 Å². The van der Waals surface area contributed by atoms with E-state index in [1.807, 2.05) is 18.2 Å². The Kier molecular flexibility index (Phi) is 7.81. The molecule has 1 aliphatic heterocycles. The van der Waals surface area contributed by atoms with Gasteiger partial charge in [-0.15, -0.1) is 0 Å². The Hall–Kier alpha value is -2.56. The van der Waals surface area contributed by atoms with Gasteiger partial charge in [0.05, 0.1) is 35.1 Å². The van der Waals surface area contributed by atoms with Gasteiger partial charge in [0.2, 0.25) is 11.8 Å². The van der Waals surface area contributed by atoms with Crippen molar-refractivity contribution in [2.45, 2.75) is 17.8 Å². The SMILES string of the molecule is COCCN1C(=O)[C@@H](CC(=O)Nc2cc(C(F)(F)F)ccc2Cl)SC1=Nc1ccccc1. The molecule has 1 heterocycles. The fourth-order valence-electron chi connectivity index (χ4n) is 2.89. The van der Waals surface area contributed by atoms with E-state index in [1.165, 1.54) is 12.0 Å². The minimum Gasteiger partial charge on any atom is -0.383 e. The van der Waals surface area contributed by atoms with E-state index in [0.717, 1.165) is 30.0 Å². The lowest BCUT2D eigenvalue weighted by Crippen LogP contribution is -2.35. The summed E-state index contributed by atoms with van der Waals surface area (Å²) in [6, 6.07) is 11.7. The molecule has 0 aromatic heterocycles. The quantitative estimate of drug-likeness (QED) is 0.601.